The fourth-order valence-electron chi connectivity index (χ4n) is 3.62. The van der Waals surface area contributed by atoms with Crippen LogP contribution in [0.4, 0.5) is 0 Å². The van der Waals surface area contributed by atoms with Gasteiger partial charge in [-0.3, -0.25) is 0 Å². The Balaban J connectivity index is 1.78. The zero-order valence-electron chi connectivity index (χ0n) is 11.6. The van der Waals surface area contributed by atoms with Gasteiger partial charge in [-0.1, -0.05) is 32.1 Å². The van der Waals surface area contributed by atoms with Gasteiger partial charge < -0.3 is 5.32 Å². The van der Waals surface area contributed by atoms with Crippen molar-refractivity contribution >= 4 is 11.8 Å². The molecule has 2 rings (SSSR count). The Morgan fingerprint density at radius 2 is 1.76 bits per heavy atom. The summed E-state index contributed by atoms with van der Waals surface area (Å²) in [5.74, 6) is 0.956. The molecule has 0 aromatic rings. The van der Waals surface area contributed by atoms with Crippen LogP contribution in [0.2, 0.25) is 0 Å². The Morgan fingerprint density at radius 3 is 2.35 bits per heavy atom. The molecule has 1 unspecified atom stereocenters. The first kappa shape index (κ1) is 13.7. The molecule has 2 saturated carbocycles. The quantitative estimate of drug-likeness (QED) is 0.789. The maximum atomic E-state index is 3.87. The highest BCUT2D eigenvalue weighted by atomic mass is 32.2. The predicted molar refractivity (Wildman–Crippen MR) is 78.8 cm³/mol. The third-order valence-corrected chi connectivity index (χ3v) is 6.47. The fraction of sp³-hybridized carbons (Fsp3) is 1.00. The molecule has 1 N–H and O–H groups in total. The number of hydrogen-bond acceptors (Lipinski definition) is 2. The van der Waals surface area contributed by atoms with Crippen LogP contribution in [0.5, 0.6) is 0 Å². The van der Waals surface area contributed by atoms with Crippen LogP contribution >= 0.6 is 11.8 Å². The molecule has 2 heteroatoms. The Hall–Kier alpha value is 0.310. The van der Waals surface area contributed by atoms with Gasteiger partial charge in [-0.05, 0) is 44.8 Å². The van der Waals surface area contributed by atoms with Crippen molar-refractivity contribution in [2.75, 3.05) is 12.8 Å². The maximum absolute atomic E-state index is 3.87. The molecule has 0 aromatic heterocycles. The molecule has 1 atom stereocenters. The highest BCUT2D eigenvalue weighted by molar-refractivity contribution is 8.00. The third-order valence-electron chi connectivity index (χ3n) is 5.05. The molecule has 2 aliphatic rings. The van der Waals surface area contributed by atoms with Crippen molar-refractivity contribution in [3.63, 3.8) is 0 Å². The Labute approximate surface area is 112 Å². The molecule has 0 amide bonds. The molecule has 0 aromatic carbocycles. The van der Waals surface area contributed by atoms with Crippen LogP contribution in [0.15, 0.2) is 0 Å². The molecule has 2 fully saturated rings. The molecule has 0 heterocycles. The van der Waals surface area contributed by atoms with E-state index in [9.17, 15) is 0 Å². The minimum Gasteiger partial charge on any atom is -0.313 e. The van der Waals surface area contributed by atoms with Crippen LogP contribution in [0.25, 0.3) is 0 Å². The predicted octanol–water partition coefficient (Wildman–Crippen LogP) is 4.22. The van der Waals surface area contributed by atoms with Crippen LogP contribution in [0.1, 0.15) is 64.7 Å². The van der Waals surface area contributed by atoms with Crippen molar-refractivity contribution in [1.29, 1.82) is 0 Å². The van der Waals surface area contributed by atoms with E-state index in [0.29, 0.717) is 4.75 Å². The fourth-order valence-corrected chi connectivity index (χ4v) is 4.54. The molecule has 1 nitrogen and oxygen atoms in total. The van der Waals surface area contributed by atoms with E-state index in [4.69, 9.17) is 0 Å². The third kappa shape index (κ3) is 3.64. The van der Waals surface area contributed by atoms with E-state index in [-0.39, 0.29) is 0 Å². The SMILES string of the molecule is CSC1(CNC(C)C2CCCC2)CCCCC1. The summed E-state index contributed by atoms with van der Waals surface area (Å²) in [7, 11) is 0. The number of hydrogen-bond donors (Lipinski definition) is 1. The average molecular weight is 255 g/mol. The lowest BCUT2D eigenvalue weighted by Gasteiger charge is -2.37. The van der Waals surface area contributed by atoms with Crippen molar-refractivity contribution in [2.24, 2.45) is 5.92 Å². The van der Waals surface area contributed by atoms with Crippen molar-refractivity contribution in [1.82, 2.24) is 5.32 Å². The lowest BCUT2D eigenvalue weighted by Crippen LogP contribution is -2.44. The van der Waals surface area contributed by atoms with E-state index in [1.54, 1.807) is 0 Å². The van der Waals surface area contributed by atoms with Crippen LogP contribution in [-0.4, -0.2) is 23.6 Å². The summed E-state index contributed by atoms with van der Waals surface area (Å²) >= 11 is 2.12. The van der Waals surface area contributed by atoms with E-state index < -0.39 is 0 Å². The van der Waals surface area contributed by atoms with Crippen LogP contribution in [-0.2, 0) is 0 Å². The maximum Gasteiger partial charge on any atom is 0.0281 e. The monoisotopic (exact) mass is 255 g/mol. The van der Waals surface area contributed by atoms with Crippen LogP contribution in [0, 0.1) is 5.92 Å². The van der Waals surface area contributed by atoms with Crippen molar-refractivity contribution in [3.05, 3.63) is 0 Å². The summed E-state index contributed by atoms with van der Waals surface area (Å²) in [4.78, 5) is 0. The van der Waals surface area contributed by atoms with E-state index in [1.807, 2.05) is 0 Å². The van der Waals surface area contributed by atoms with E-state index >= 15 is 0 Å². The summed E-state index contributed by atoms with van der Waals surface area (Å²) in [6.07, 6.45) is 15.4. The summed E-state index contributed by atoms with van der Waals surface area (Å²) < 4.78 is 0.561. The standard InChI is InChI=1S/C15H29NS/c1-13(14-8-4-5-9-14)16-12-15(17-2)10-6-3-7-11-15/h13-14,16H,3-12H2,1-2H3. The molecule has 17 heavy (non-hydrogen) atoms. The minimum absolute atomic E-state index is 0.561. The van der Waals surface area contributed by atoms with E-state index in [0.717, 1.165) is 12.0 Å². The minimum atomic E-state index is 0.561. The van der Waals surface area contributed by atoms with E-state index in [2.05, 4.69) is 30.3 Å². The van der Waals surface area contributed by atoms with Gasteiger partial charge >= 0.3 is 0 Å². The van der Waals surface area contributed by atoms with Gasteiger partial charge in [0.15, 0.2) is 0 Å². The molecule has 0 saturated heterocycles. The highest BCUT2D eigenvalue weighted by Crippen LogP contribution is 2.38. The second kappa shape index (κ2) is 6.47. The smallest absolute Gasteiger partial charge is 0.0281 e. The van der Waals surface area contributed by atoms with Gasteiger partial charge in [0.1, 0.15) is 0 Å². The topological polar surface area (TPSA) is 12.0 Å². The molecule has 100 valence electrons. The number of thioether (sulfide) groups is 1. The average Bonchev–Trinajstić information content (AvgIpc) is 2.91. The van der Waals surface area contributed by atoms with Gasteiger partial charge in [0, 0.05) is 17.3 Å². The van der Waals surface area contributed by atoms with Crippen LogP contribution in [0.3, 0.4) is 0 Å². The molecule has 0 aliphatic heterocycles. The summed E-state index contributed by atoms with van der Waals surface area (Å²) in [6.45, 7) is 3.65. The number of rotatable bonds is 5. The second-order valence-corrected chi connectivity index (χ2v) is 7.44. The summed E-state index contributed by atoms with van der Waals surface area (Å²) in [5, 5.41) is 3.87. The molecule has 0 radical (unpaired) electrons. The number of nitrogens with one attached hydrogen (secondary N) is 1. The lowest BCUT2D eigenvalue weighted by molar-refractivity contribution is 0.326. The Kier molecular flexibility index (Phi) is 5.23. The van der Waals surface area contributed by atoms with Gasteiger partial charge in [0.25, 0.3) is 0 Å². The van der Waals surface area contributed by atoms with Gasteiger partial charge in [-0.2, -0.15) is 11.8 Å². The second-order valence-electron chi connectivity index (χ2n) is 6.16. The first-order valence-corrected chi connectivity index (χ1v) is 8.77. The van der Waals surface area contributed by atoms with Gasteiger partial charge in [-0.25, -0.2) is 0 Å². The van der Waals surface area contributed by atoms with Gasteiger partial charge in [-0.15, -0.1) is 0 Å². The Morgan fingerprint density at radius 1 is 1.12 bits per heavy atom. The van der Waals surface area contributed by atoms with Crippen molar-refractivity contribution in [2.45, 2.75) is 75.5 Å². The molecule has 2 aliphatic carbocycles. The zero-order chi connectivity index (χ0) is 12.1. The largest absolute Gasteiger partial charge is 0.313 e. The van der Waals surface area contributed by atoms with E-state index in [1.165, 1.54) is 64.3 Å². The zero-order valence-corrected chi connectivity index (χ0v) is 12.5. The summed E-state index contributed by atoms with van der Waals surface area (Å²) in [6, 6.07) is 0.739. The van der Waals surface area contributed by atoms with Gasteiger partial charge in [0.2, 0.25) is 0 Å². The molecular formula is C15H29NS. The Bertz CT molecular complexity index is 217. The lowest BCUT2D eigenvalue weighted by atomic mass is 9.87. The van der Waals surface area contributed by atoms with Crippen LogP contribution < -0.4 is 5.32 Å². The molecule has 0 bridgehead atoms. The summed E-state index contributed by atoms with van der Waals surface area (Å²) in [5.41, 5.74) is 0. The van der Waals surface area contributed by atoms with Gasteiger partial charge in [0.05, 0.1) is 0 Å². The first-order valence-electron chi connectivity index (χ1n) is 7.54. The molecular weight excluding hydrogens is 226 g/mol. The van der Waals surface area contributed by atoms with Crippen molar-refractivity contribution < 1.29 is 0 Å². The first-order chi connectivity index (χ1) is 8.26. The normalized spacial score (nSPS) is 27.2. The van der Waals surface area contributed by atoms with Crippen molar-refractivity contribution in [3.8, 4) is 0 Å². The molecule has 0 spiro atoms. The highest BCUT2D eigenvalue weighted by Gasteiger charge is 2.32.